The lowest BCUT2D eigenvalue weighted by atomic mass is 10.2. The van der Waals surface area contributed by atoms with E-state index >= 15 is 0 Å². The van der Waals surface area contributed by atoms with Gasteiger partial charge >= 0.3 is 5.97 Å². The molecule has 0 aliphatic carbocycles. The second kappa shape index (κ2) is 8.42. The minimum absolute atomic E-state index is 0.119. The van der Waals surface area contributed by atoms with Crippen molar-refractivity contribution in [2.45, 2.75) is 0 Å². The van der Waals surface area contributed by atoms with Crippen molar-refractivity contribution >= 4 is 29.1 Å². The summed E-state index contributed by atoms with van der Waals surface area (Å²) in [6, 6.07) is 15.3. The molecule has 3 aromatic rings. The molecule has 0 aliphatic rings. The number of rotatable bonds is 5. The van der Waals surface area contributed by atoms with Crippen LogP contribution in [0.2, 0.25) is 0 Å². The summed E-state index contributed by atoms with van der Waals surface area (Å²) in [4.78, 5) is 32.2. The third-order valence-electron chi connectivity index (χ3n) is 3.71. The van der Waals surface area contributed by atoms with Gasteiger partial charge in [-0.15, -0.1) is 0 Å². The highest BCUT2D eigenvalue weighted by atomic mass is 16.5. The van der Waals surface area contributed by atoms with Crippen LogP contribution in [-0.4, -0.2) is 29.0 Å². The maximum Gasteiger partial charge on any atom is 0.337 e. The number of carbonyl (C=O) groups excluding carboxylic acids is 2. The fraction of sp³-hybridized carbons (Fsp3) is 0.0500. The van der Waals surface area contributed by atoms with Gasteiger partial charge < -0.3 is 15.4 Å². The van der Waals surface area contributed by atoms with Gasteiger partial charge in [-0.2, -0.15) is 5.26 Å². The third kappa shape index (κ3) is 4.47. The molecule has 0 fully saturated rings. The number of hydrogen-bond donors (Lipinski definition) is 2. The monoisotopic (exact) mass is 373 g/mol. The smallest absolute Gasteiger partial charge is 0.337 e. The summed E-state index contributed by atoms with van der Waals surface area (Å²) >= 11 is 0. The Labute approximate surface area is 160 Å². The molecular formula is C20H15N5O3. The maximum absolute atomic E-state index is 12.3. The Kier molecular flexibility index (Phi) is 5.58. The van der Waals surface area contributed by atoms with Crippen molar-refractivity contribution in [2.75, 3.05) is 17.7 Å². The van der Waals surface area contributed by atoms with Gasteiger partial charge in [0, 0.05) is 11.4 Å². The minimum atomic E-state index is -0.492. The van der Waals surface area contributed by atoms with Gasteiger partial charge in [-0.25, -0.2) is 14.8 Å². The van der Waals surface area contributed by atoms with E-state index < -0.39 is 11.9 Å². The largest absolute Gasteiger partial charge is 0.465 e. The number of esters is 1. The molecule has 0 radical (unpaired) electrons. The number of nitrogens with one attached hydrogen (secondary N) is 2. The van der Waals surface area contributed by atoms with Crippen molar-refractivity contribution in [1.82, 2.24) is 9.97 Å². The van der Waals surface area contributed by atoms with E-state index in [1.165, 1.54) is 25.6 Å². The second-order valence-corrected chi connectivity index (χ2v) is 5.63. The van der Waals surface area contributed by atoms with E-state index in [0.29, 0.717) is 22.6 Å². The molecular weight excluding hydrogens is 358 g/mol. The first-order valence-corrected chi connectivity index (χ1v) is 8.18. The zero-order chi connectivity index (χ0) is 19.9. The van der Waals surface area contributed by atoms with Gasteiger partial charge in [0.15, 0.2) is 0 Å². The zero-order valence-corrected chi connectivity index (χ0v) is 14.8. The zero-order valence-electron chi connectivity index (χ0n) is 14.8. The number of aromatic nitrogens is 2. The molecule has 0 bridgehead atoms. The Morgan fingerprint density at radius 3 is 2.46 bits per heavy atom. The van der Waals surface area contributed by atoms with Crippen LogP contribution in [0.3, 0.4) is 0 Å². The van der Waals surface area contributed by atoms with Crippen molar-refractivity contribution in [3.05, 3.63) is 77.7 Å². The van der Waals surface area contributed by atoms with Crippen LogP contribution in [0.1, 0.15) is 26.4 Å². The molecule has 2 N–H and O–H groups in total. The normalized spacial score (nSPS) is 9.86. The van der Waals surface area contributed by atoms with Crippen molar-refractivity contribution in [3.8, 4) is 6.07 Å². The topological polar surface area (TPSA) is 117 Å². The summed E-state index contributed by atoms with van der Waals surface area (Å²) in [5.41, 5.74) is 2.18. The molecule has 0 saturated heterocycles. The second-order valence-electron chi connectivity index (χ2n) is 5.63. The molecule has 0 aliphatic heterocycles. The summed E-state index contributed by atoms with van der Waals surface area (Å²) in [6.07, 6.45) is 2.77. The van der Waals surface area contributed by atoms with Gasteiger partial charge in [0.25, 0.3) is 5.91 Å². The van der Waals surface area contributed by atoms with E-state index in [1.54, 1.807) is 42.5 Å². The van der Waals surface area contributed by atoms with Crippen molar-refractivity contribution in [3.63, 3.8) is 0 Å². The fourth-order valence-corrected chi connectivity index (χ4v) is 2.32. The molecule has 138 valence electrons. The number of benzene rings is 2. The summed E-state index contributed by atoms with van der Waals surface area (Å²) in [5, 5.41) is 14.5. The highest BCUT2D eigenvalue weighted by molar-refractivity contribution is 6.03. The van der Waals surface area contributed by atoms with Gasteiger partial charge in [0.2, 0.25) is 0 Å². The van der Waals surface area contributed by atoms with Crippen LogP contribution < -0.4 is 10.6 Å². The number of amides is 1. The summed E-state index contributed by atoms with van der Waals surface area (Å²) in [5.74, 6) is -0.498. The van der Waals surface area contributed by atoms with Gasteiger partial charge in [-0.05, 0) is 42.5 Å². The number of anilines is 3. The van der Waals surface area contributed by atoms with Gasteiger partial charge in [0.05, 0.1) is 36.7 Å². The highest BCUT2D eigenvalue weighted by Crippen LogP contribution is 2.15. The molecule has 1 aromatic heterocycles. The minimum Gasteiger partial charge on any atom is -0.465 e. The highest BCUT2D eigenvalue weighted by Gasteiger charge is 2.11. The first kappa shape index (κ1) is 18.5. The Hall–Kier alpha value is -4.25. The number of hydrogen-bond acceptors (Lipinski definition) is 7. The van der Waals surface area contributed by atoms with Crippen LogP contribution >= 0.6 is 0 Å². The van der Waals surface area contributed by atoms with Crippen LogP contribution in [0.4, 0.5) is 17.2 Å². The van der Waals surface area contributed by atoms with E-state index in [1.807, 2.05) is 6.07 Å². The molecule has 28 heavy (non-hydrogen) atoms. The third-order valence-corrected chi connectivity index (χ3v) is 3.71. The van der Waals surface area contributed by atoms with Crippen LogP contribution in [0.25, 0.3) is 0 Å². The molecule has 2 aromatic carbocycles. The Bertz CT molecular complexity index is 1040. The Morgan fingerprint density at radius 1 is 1.04 bits per heavy atom. The predicted octanol–water partition coefficient (Wildman–Crippen LogP) is 3.13. The first-order valence-electron chi connectivity index (χ1n) is 8.18. The van der Waals surface area contributed by atoms with E-state index in [4.69, 9.17) is 5.26 Å². The summed E-state index contributed by atoms with van der Waals surface area (Å²) in [7, 11) is 1.29. The Morgan fingerprint density at radius 2 is 1.82 bits per heavy atom. The van der Waals surface area contributed by atoms with Crippen molar-refractivity contribution < 1.29 is 14.3 Å². The average molecular weight is 373 g/mol. The molecule has 0 saturated carbocycles. The lowest BCUT2D eigenvalue weighted by Gasteiger charge is -2.08. The SMILES string of the molecule is COC(=O)c1cccc(NC(=O)c2cnc(Nc3ccc(C#N)cc3)cn2)c1. The molecule has 0 unspecified atom stereocenters. The van der Waals surface area contributed by atoms with Crippen LogP contribution in [0.15, 0.2) is 60.9 Å². The van der Waals surface area contributed by atoms with E-state index in [-0.39, 0.29) is 5.69 Å². The Balaban J connectivity index is 1.66. The van der Waals surface area contributed by atoms with Crippen LogP contribution in [0.5, 0.6) is 0 Å². The number of carbonyl (C=O) groups is 2. The van der Waals surface area contributed by atoms with E-state index in [0.717, 1.165) is 5.69 Å². The number of nitriles is 1. The molecule has 8 heteroatoms. The van der Waals surface area contributed by atoms with Crippen LogP contribution in [-0.2, 0) is 4.74 Å². The van der Waals surface area contributed by atoms with Crippen LogP contribution in [0, 0.1) is 11.3 Å². The van der Waals surface area contributed by atoms with E-state index in [2.05, 4.69) is 25.3 Å². The maximum atomic E-state index is 12.3. The average Bonchev–Trinajstić information content (AvgIpc) is 2.74. The first-order chi connectivity index (χ1) is 13.6. The lowest BCUT2D eigenvalue weighted by Crippen LogP contribution is -2.14. The van der Waals surface area contributed by atoms with Gasteiger partial charge in [-0.3, -0.25) is 4.79 Å². The molecule has 1 heterocycles. The summed E-state index contributed by atoms with van der Waals surface area (Å²) in [6.45, 7) is 0. The molecule has 8 nitrogen and oxygen atoms in total. The fourth-order valence-electron chi connectivity index (χ4n) is 2.32. The van der Waals surface area contributed by atoms with Gasteiger partial charge in [0.1, 0.15) is 11.5 Å². The van der Waals surface area contributed by atoms with Crippen molar-refractivity contribution in [2.24, 2.45) is 0 Å². The number of ether oxygens (including phenoxy) is 1. The number of nitrogens with zero attached hydrogens (tertiary/aromatic N) is 3. The molecule has 1 amide bonds. The standard InChI is InChI=1S/C20H15N5O3/c1-28-20(27)14-3-2-4-16(9-14)25-19(26)17-11-23-18(12-22-17)24-15-7-5-13(10-21)6-8-15/h2-9,11-12H,1H3,(H,23,24)(H,25,26). The molecule has 0 spiro atoms. The quantitative estimate of drug-likeness (QED) is 0.660. The molecule has 0 atom stereocenters. The van der Waals surface area contributed by atoms with E-state index in [9.17, 15) is 9.59 Å². The lowest BCUT2D eigenvalue weighted by molar-refractivity contribution is 0.0600. The number of methoxy groups -OCH3 is 1. The predicted molar refractivity (Wildman–Crippen MR) is 102 cm³/mol. The summed E-state index contributed by atoms with van der Waals surface area (Å²) < 4.78 is 4.66. The van der Waals surface area contributed by atoms with Crippen molar-refractivity contribution in [1.29, 1.82) is 5.26 Å². The van der Waals surface area contributed by atoms with Gasteiger partial charge in [-0.1, -0.05) is 6.07 Å². The molecule has 3 rings (SSSR count).